The second-order valence-electron chi connectivity index (χ2n) is 5.61. The molecule has 0 amide bonds. The van der Waals surface area contributed by atoms with E-state index in [-0.39, 0.29) is 17.0 Å². The van der Waals surface area contributed by atoms with Crippen LogP contribution in [0.3, 0.4) is 0 Å². The maximum Gasteiger partial charge on any atom is 0.416 e. The summed E-state index contributed by atoms with van der Waals surface area (Å²) in [6.45, 7) is 3.20. The predicted molar refractivity (Wildman–Crippen MR) is 87.9 cm³/mol. The fourth-order valence-corrected chi connectivity index (χ4v) is 3.69. The molecule has 0 aromatic heterocycles. The molecule has 0 saturated carbocycles. The molecule has 4 nitrogen and oxygen atoms in total. The molecular weight excluding hydrogens is 355 g/mol. The first-order chi connectivity index (χ1) is 11.5. The number of alkyl halides is 3. The van der Waals surface area contributed by atoms with Crippen LogP contribution in [-0.4, -0.2) is 15.5 Å². The number of hydrogen-bond acceptors (Lipinski definition) is 3. The topological polar surface area (TPSA) is 55.4 Å². The lowest BCUT2D eigenvalue weighted by Gasteiger charge is -2.13. The number of halogens is 3. The van der Waals surface area contributed by atoms with E-state index >= 15 is 0 Å². The van der Waals surface area contributed by atoms with Gasteiger partial charge in [-0.25, -0.2) is 13.1 Å². The third kappa shape index (κ3) is 4.52. The van der Waals surface area contributed by atoms with Crippen molar-refractivity contribution in [2.45, 2.75) is 31.5 Å². The fourth-order valence-electron chi connectivity index (χ4n) is 2.51. The molecule has 8 heteroatoms. The van der Waals surface area contributed by atoms with Gasteiger partial charge in [-0.3, -0.25) is 0 Å². The van der Waals surface area contributed by atoms with E-state index in [9.17, 15) is 21.6 Å². The van der Waals surface area contributed by atoms with Crippen LogP contribution in [0.15, 0.2) is 41.3 Å². The first-order valence-electron chi connectivity index (χ1n) is 7.35. The van der Waals surface area contributed by atoms with Crippen molar-refractivity contribution in [3.8, 4) is 5.75 Å². The molecule has 0 heterocycles. The zero-order valence-corrected chi connectivity index (χ0v) is 14.8. The number of rotatable bonds is 5. The maximum atomic E-state index is 12.7. The second kappa shape index (κ2) is 7.05. The number of benzene rings is 2. The fraction of sp³-hybridized carbons (Fsp3) is 0.294. The van der Waals surface area contributed by atoms with Crippen molar-refractivity contribution in [3.05, 3.63) is 58.7 Å². The van der Waals surface area contributed by atoms with Gasteiger partial charge in [-0.15, -0.1) is 0 Å². The maximum absolute atomic E-state index is 12.7. The van der Waals surface area contributed by atoms with Gasteiger partial charge < -0.3 is 4.74 Å². The number of methoxy groups -OCH3 is 1. The summed E-state index contributed by atoms with van der Waals surface area (Å²) in [6.07, 6.45) is -4.47. The molecule has 0 aliphatic heterocycles. The normalized spacial score (nSPS) is 12.2. The molecule has 2 rings (SSSR count). The Bertz CT molecular complexity index is 854. The summed E-state index contributed by atoms with van der Waals surface area (Å²) in [7, 11) is -2.37. The number of sulfonamides is 1. The van der Waals surface area contributed by atoms with E-state index in [0.29, 0.717) is 16.9 Å². The summed E-state index contributed by atoms with van der Waals surface area (Å²) in [6, 6.07) is 7.46. The van der Waals surface area contributed by atoms with Gasteiger partial charge in [0.05, 0.1) is 17.6 Å². The van der Waals surface area contributed by atoms with E-state index in [1.54, 1.807) is 13.8 Å². The van der Waals surface area contributed by atoms with E-state index < -0.39 is 21.8 Å². The molecule has 2 aromatic carbocycles. The van der Waals surface area contributed by atoms with Gasteiger partial charge in [0, 0.05) is 6.54 Å². The third-order valence-corrected chi connectivity index (χ3v) is 5.05. The minimum atomic E-state index is -4.47. The van der Waals surface area contributed by atoms with Crippen molar-refractivity contribution in [1.29, 1.82) is 0 Å². The molecule has 136 valence electrons. The van der Waals surface area contributed by atoms with Crippen molar-refractivity contribution in [2.24, 2.45) is 0 Å². The van der Waals surface area contributed by atoms with Gasteiger partial charge in [0.15, 0.2) is 0 Å². The van der Waals surface area contributed by atoms with Crippen molar-refractivity contribution >= 4 is 10.0 Å². The van der Waals surface area contributed by atoms with Crippen LogP contribution >= 0.6 is 0 Å². The smallest absolute Gasteiger partial charge is 0.416 e. The Morgan fingerprint density at radius 1 is 1.08 bits per heavy atom. The highest BCUT2D eigenvalue weighted by Gasteiger charge is 2.30. The zero-order valence-electron chi connectivity index (χ0n) is 13.9. The van der Waals surface area contributed by atoms with E-state index in [1.165, 1.54) is 31.4 Å². The first kappa shape index (κ1) is 19.3. The minimum Gasteiger partial charge on any atom is -0.496 e. The van der Waals surface area contributed by atoms with Crippen LogP contribution in [0.25, 0.3) is 0 Å². The van der Waals surface area contributed by atoms with Crippen molar-refractivity contribution in [2.75, 3.05) is 7.11 Å². The van der Waals surface area contributed by atoms with Crippen molar-refractivity contribution in [1.82, 2.24) is 4.72 Å². The quantitative estimate of drug-likeness (QED) is 0.867. The average Bonchev–Trinajstić information content (AvgIpc) is 2.52. The summed E-state index contributed by atoms with van der Waals surface area (Å²) >= 11 is 0. The van der Waals surface area contributed by atoms with Crippen LogP contribution in [0.1, 0.15) is 22.3 Å². The summed E-state index contributed by atoms with van der Waals surface area (Å²) in [5.74, 6) is 0.594. The minimum absolute atomic E-state index is 0.0373. The molecule has 2 aromatic rings. The van der Waals surface area contributed by atoms with Gasteiger partial charge in [-0.1, -0.05) is 18.2 Å². The van der Waals surface area contributed by atoms with Gasteiger partial charge in [-0.2, -0.15) is 13.2 Å². The molecule has 0 fully saturated rings. The largest absolute Gasteiger partial charge is 0.496 e. The molecule has 0 aliphatic carbocycles. The van der Waals surface area contributed by atoms with Crippen molar-refractivity contribution < 1.29 is 26.3 Å². The molecule has 0 radical (unpaired) electrons. The molecule has 0 spiro atoms. The van der Waals surface area contributed by atoms with Gasteiger partial charge in [-0.05, 0) is 48.7 Å². The molecule has 0 bridgehead atoms. The van der Waals surface area contributed by atoms with Crippen LogP contribution in [0.5, 0.6) is 5.75 Å². The molecule has 0 unspecified atom stereocenters. The third-order valence-electron chi connectivity index (χ3n) is 3.67. The molecular formula is C17H18F3NO3S. The first-order valence-corrected chi connectivity index (χ1v) is 8.84. The van der Waals surface area contributed by atoms with Crippen LogP contribution in [0.2, 0.25) is 0 Å². The van der Waals surface area contributed by atoms with Crippen molar-refractivity contribution in [3.63, 3.8) is 0 Å². The molecule has 25 heavy (non-hydrogen) atoms. The molecule has 0 atom stereocenters. The van der Waals surface area contributed by atoms with E-state index in [4.69, 9.17) is 4.74 Å². The number of nitrogens with one attached hydrogen (secondary N) is 1. The highest BCUT2D eigenvalue weighted by molar-refractivity contribution is 7.89. The molecule has 0 aliphatic rings. The Hall–Kier alpha value is -2.06. The Morgan fingerprint density at radius 3 is 2.20 bits per heavy atom. The second-order valence-corrected chi connectivity index (χ2v) is 7.38. The van der Waals surface area contributed by atoms with Crippen LogP contribution in [0, 0.1) is 13.8 Å². The number of aryl methyl sites for hydroxylation is 2. The zero-order chi connectivity index (χ0) is 18.8. The summed E-state index contributed by atoms with van der Waals surface area (Å²) in [4.78, 5) is 0.0373. The predicted octanol–water partition coefficient (Wildman–Crippen LogP) is 3.81. The summed E-state index contributed by atoms with van der Waals surface area (Å²) < 4.78 is 70.5. The SMILES string of the molecule is COc1c(C)cc(S(=O)(=O)NCc2cccc(C(F)(F)F)c2)cc1C. The average molecular weight is 373 g/mol. The van der Waals surface area contributed by atoms with E-state index in [0.717, 1.165) is 12.1 Å². The van der Waals surface area contributed by atoms with E-state index in [2.05, 4.69) is 4.72 Å². The van der Waals surface area contributed by atoms with Gasteiger partial charge >= 0.3 is 6.18 Å². The van der Waals surface area contributed by atoms with Gasteiger partial charge in [0.25, 0.3) is 0 Å². The number of hydrogen-bond donors (Lipinski definition) is 1. The van der Waals surface area contributed by atoms with Gasteiger partial charge in [0.2, 0.25) is 10.0 Å². The Kier molecular flexibility index (Phi) is 5.43. The van der Waals surface area contributed by atoms with Crippen LogP contribution in [-0.2, 0) is 22.7 Å². The lowest BCUT2D eigenvalue weighted by Crippen LogP contribution is -2.23. The summed E-state index contributed by atoms with van der Waals surface area (Å²) in [5.41, 5.74) is 0.713. The molecule has 0 saturated heterocycles. The Morgan fingerprint density at radius 2 is 1.68 bits per heavy atom. The highest BCUT2D eigenvalue weighted by Crippen LogP contribution is 2.30. The monoisotopic (exact) mass is 373 g/mol. The lowest BCUT2D eigenvalue weighted by atomic mass is 10.1. The highest BCUT2D eigenvalue weighted by atomic mass is 32.2. The Labute approximate surface area is 144 Å². The Balaban J connectivity index is 2.23. The van der Waals surface area contributed by atoms with Crippen LogP contribution < -0.4 is 9.46 Å². The molecule has 1 N–H and O–H groups in total. The van der Waals surface area contributed by atoms with Gasteiger partial charge in [0.1, 0.15) is 5.75 Å². The van der Waals surface area contributed by atoms with E-state index in [1.807, 2.05) is 0 Å². The number of ether oxygens (including phenoxy) is 1. The summed E-state index contributed by atoms with van der Waals surface area (Å²) in [5, 5.41) is 0. The standard InChI is InChI=1S/C17H18F3NO3S/c1-11-7-15(8-12(2)16(11)24-3)25(22,23)21-10-13-5-4-6-14(9-13)17(18,19)20/h4-9,21H,10H2,1-3H3. The van der Waals surface area contributed by atoms with Crippen LogP contribution in [0.4, 0.5) is 13.2 Å². The lowest BCUT2D eigenvalue weighted by molar-refractivity contribution is -0.137.